The highest BCUT2D eigenvalue weighted by atomic mass is 31.2. The Balaban J connectivity index is 2.00. The summed E-state index contributed by atoms with van der Waals surface area (Å²) >= 11 is 0. The van der Waals surface area contributed by atoms with Gasteiger partial charge in [-0.3, -0.25) is 9.13 Å². The van der Waals surface area contributed by atoms with E-state index in [1.807, 2.05) is 0 Å². The van der Waals surface area contributed by atoms with Crippen LogP contribution < -0.4 is 5.73 Å². The lowest BCUT2D eigenvalue weighted by Crippen LogP contribution is -2.23. The average Bonchev–Trinajstić information content (AvgIpc) is 2.83. The summed E-state index contributed by atoms with van der Waals surface area (Å²) in [6.07, 6.45) is 0.642. The van der Waals surface area contributed by atoms with Crippen LogP contribution in [0.2, 0.25) is 0 Å². The van der Waals surface area contributed by atoms with Gasteiger partial charge in [0.2, 0.25) is 0 Å². The number of aromatic nitrogens is 4. The van der Waals surface area contributed by atoms with Gasteiger partial charge in [0.15, 0.2) is 24.1 Å². The smallest absolute Gasteiger partial charge is 0.351 e. The Morgan fingerprint density at radius 3 is 2.76 bits per heavy atom. The molecule has 0 radical (unpaired) electrons. The lowest BCUT2D eigenvalue weighted by molar-refractivity contribution is -0.172. The van der Waals surface area contributed by atoms with Gasteiger partial charge >= 0.3 is 7.60 Å². The van der Waals surface area contributed by atoms with Crippen molar-refractivity contribution in [3.8, 4) is 0 Å². The molecule has 21 heavy (non-hydrogen) atoms. The van der Waals surface area contributed by atoms with Gasteiger partial charge in [0.05, 0.1) is 12.9 Å². The van der Waals surface area contributed by atoms with E-state index in [4.69, 9.17) is 30.1 Å². The molecule has 0 aliphatic heterocycles. The van der Waals surface area contributed by atoms with Crippen molar-refractivity contribution in [2.24, 2.45) is 0 Å². The van der Waals surface area contributed by atoms with Crippen LogP contribution in [0.3, 0.4) is 0 Å². The van der Waals surface area contributed by atoms with Crippen LogP contribution in [0, 0.1) is 0 Å². The molecule has 0 amide bonds. The predicted octanol–water partition coefficient (Wildman–Crippen LogP) is -1.15. The van der Waals surface area contributed by atoms with Gasteiger partial charge in [-0.05, 0) is 0 Å². The number of nitrogens with two attached hydrogens (primary N) is 1. The number of ether oxygens (including phenoxy) is 2. The number of aliphatic hydroxyl groups excluding tert-OH is 1. The topological polar surface area (TPSA) is 166 Å². The fourth-order valence-corrected chi connectivity index (χ4v) is 1.85. The number of hydrogen-bond donors (Lipinski definition) is 4. The number of aliphatic hydroxyl groups is 1. The highest BCUT2D eigenvalue weighted by Gasteiger charge is 2.18. The first kappa shape index (κ1) is 15.8. The van der Waals surface area contributed by atoms with Crippen LogP contribution in [-0.4, -0.2) is 53.7 Å². The van der Waals surface area contributed by atoms with E-state index in [1.54, 1.807) is 0 Å². The number of hydrogen-bond acceptors (Lipinski definition) is 8. The Labute approximate surface area is 118 Å². The summed E-state index contributed by atoms with van der Waals surface area (Å²) in [6, 6.07) is 0. The van der Waals surface area contributed by atoms with Crippen LogP contribution in [0.15, 0.2) is 12.7 Å². The third kappa shape index (κ3) is 4.17. The number of rotatable bonds is 7. The molecule has 0 spiro atoms. The second kappa shape index (κ2) is 6.43. The van der Waals surface area contributed by atoms with Crippen LogP contribution in [0.5, 0.6) is 0 Å². The Kier molecular flexibility index (Phi) is 4.83. The van der Waals surface area contributed by atoms with Crippen molar-refractivity contribution in [3.05, 3.63) is 12.7 Å². The molecular weight excluding hydrogens is 305 g/mol. The van der Waals surface area contributed by atoms with Gasteiger partial charge in [0.1, 0.15) is 18.6 Å². The molecule has 0 bridgehead atoms. The number of nitrogens with zero attached hydrogens (tertiary/aromatic N) is 4. The molecule has 0 saturated carbocycles. The molecule has 0 aliphatic rings. The summed E-state index contributed by atoms with van der Waals surface area (Å²) in [6.45, 7) is -0.664. The van der Waals surface area contributed by atoms with Crippen LogP contribution in [0.25, 0.3) is 11.2 Å². The zero-order valence-electron chi connectivity index (χ0n) is 10.7. The molecule has 1 atom stereocenters. The summed E-state index contributed by atoms with van der Waals surface area (Å²) in [5.74, 6) is 0.218. The molecule has 2 heterocycles. The van der Waals surface area contributed by atoms with Crippen molar-refractivity contribution in [1.82, 2.24) is 19.5 Å². The summed E-state index contributed by atoms with van der Waals surface area (Å²) in [7, 11) is -4.33. The Morgan fingerprint density at radius 1 is 1.33 bits per heavy atom. The molecule has 2 aromatic rings. The minimum absolute atomic E-state index is 0.0979. The molecule has 5 N–H and O–H groups in total. The highest BCUT2D eigenvalue weighted by molar-refractivity contribution is 7.51. The first-order valence-corrected chi connectivity index (χ1v) is 7.50. The van der Waals surface area contributed by atoms with E-state index < -0.39 is 26.8 Å². The fraction of sp³-hybridized carbons (Fsp3) is 0.444. The number of nitrogen functional groups attached to an aromatic ring is 1. The molecule has 2 rings (SSSR count). The van der Waals surface area contributed by atoms with Crippen LogP contribution >= 0.6 is 7.60 Å². The zero-order chi connectivity index (χ0) is 15.5. The normalized spacial score (nSPS) is 13.7. The van der Waals surface area contributed by atoms with E-state index in [0.717, 1.165) is 0 Å². The minimum atomic E-state index is -4.33. The van der Waals surface area contributed by atoms with E-state index in [2.05, 4.69) is 15.0 Å². The molecule has 116 valence electrons. The number of anilines is 1. The second-order valence-electron chi connectivity index (χ2n) is 4.01. The number of fused-ring (bicyclic) bond motifs is 1. The average molecular weight is 319 g/mol. The van der Waals surface area contributed by atoms with Gasteiger partial charge in [-0.15, -0.1) is 0 Å². The molecule has 0 aliphatic carbocycles. The molecule has 11 nitrogen and oxygen atoms in total. The maximum Gasteiger partial charge on any atom is 0.351 e. The van der Waals surface area contributed by atoms with E-state index in [-0.39, 0.29) is 12.5 Å². The molecule has 2 aromatic heterocycles. The van der Waals surface area contributed by atoms with Gasteiger partial charge in [-0.1, -0.05) is 0 Å². The van der Waals surface area contributed by atoms with E-state index in [9.17, 15) is 4.57 Å². The third-order valence-corrected chi connectivity index (χ3v) is 2.89. The maximum atomic E-state index is 10.7. The second-order valence-corrected chi connectivity index (χ2v) is 5.60. The van der Waals surface area contributed by atoms with E-state index in [0.29, 0.717) is 11.2 Å². The highest BCUT2D eigenvalue weighted by Crippen LogP contribution is 2.34. The summed E-state index contributed by atoms with van der Waals surface area (Å²) in [5.41, 5.74) is 6.45. The van der Waals surface area contributed by atoms with Crippen molar-refractivity contribution in [1.29, 1.82) is 0 Å². The first-order chi connectivity index (χ1) is 9.90. The molecule has 0 aromatic carbocycles. The summed E-state index contributed by atoms with van der Waals surface area (Å²) in [5, 5.41) is 9.04. The van der Waals surface area contributed by atoms with Crippen LogP contribution in [-0.2, 0) is 20.8 Å². The first-order valence-electron chi connectivity index (χ1n) is 5.70. The monoisotopic (exact) mass is 319 g/mol. The molecule has 1 unspecified atom stereocenters. The van der Waals surface area contributed by atoms with Gasteiger partial charge in [-0.2, -0.15) is 0 Å². The third-order valence-electron chi connectivity index (χ3n) is 2.41. The molecule has 0 fully saturated rings. The van der Waals surface area contributed by atoms with Crippen molar-refractivity contribution in [2.45, 2.75) is 13.0 Å². The zero-order valence-corrected chi connectivity index (χ0v) is 11.6. The van der Waals surface area contributed by atoms with Crippen molar-refractivity contribution in [2.75, 3.05) is 18.7 Å². The molecule has 12 heteroatoms. The molecular formula is C9H14N5O6P. The lowest BCUT2D eigenvalue weighted by Gasteiger charge is -2.16. The minimum Gasteiger partial charge on any atom is -0.391 e. The largest absolute Gasteiger partial charge is 0.391 e. The predicted molar refractivity (Wildman–Crippen MR) is 69.7 cm³/mol. The maximum absolute atomic E-state index is 10.7. The number of imidazole rings is 1. The summed E-state index contributed by atoms with van der Waals surface area (Å²) < 4.78 is 22.1. The summed E-state index contributed by atoms with van der Waals surface area (Å²) in [4.78, 5) is 29.2. The Morgan fingerprint density at radius 2 is 2.10 bits per heavy atom. The van der Waals surface area contributed by atoms with Gasteiger partial charge in [0, 0.05) is 0 Å². The quantitative estimate of drug-likeness (QED) is 0.361. The standard InChI is InChI=1S/C9H14N5O6P/c10-8-7-9(12-2-11-8)14(3-13-7)4-19-6(1-15)20-5-21(16,17)18/h2-3,6,15H,1,4-5H2,(H2,10,11,12)(H2,16,17,18). The van der Waals surface area contributed by atoms with E-state index >= 15 is 0 Å². The van der Waals surface area contributed by atoms with Crippen LogP contribution in [0.1, 0.15) is 0 Å². The fourth-order valence-electron chi connectivity index (χ4n) is 1.49. The van der Waals surface area contributed by atoms with Crippen LogP contribution in [0.4, 0.5) is 5.82 Å². The van der Waals surface area contributed by atoms with Crippen molar-refractivity contribution < 1.29 is 28.9 Å². The molecule has 0 saturated heterocycles. The van der Waals surface area contributed by atoms with Crippen molar-refractivity contribution >= 4 is 24.6 Å². The van der Waals surface area contributed by atoms with Crippen molar-refractivity contribution in [3.63, 3.8) is 0 Å². The lowest BCUT2D eigenvalue weighted by atomic mass is 10.5. The van der Waals surface area contributed by atoms with Gasteiger partial charge in [0.25, 0.3) is 0 Å². The van der Waals surface area contributed by atoms with E-state index in [1.165, 1.54) is 17.2 Å². The Bertz CT molecular complexity index is 657. The SMILES string of the molecule is Nc1ncnc2c1ncn2COC(CO)OCP(=O)(O)O. The Hall–Kier alpha value is -1.62. The van der Waals surface area contributed by atoms with Gasteiger partial charge in [-0.25, -0.2) is 15.0 Å². The van der Waals surface area contributed by atoms with Gasteiger partial charge < -0.3 is 30.1 Å².